The van der Waals surface area contributed by atoms with E-state index < -0.39 is 0 Å². The number of Topliss-reactive ketones (excluding diaryl/α,β-unsaturated/α-hetero) is 1. The Hall–Kier alpha value is -2.65. The Morgan fingerprint density at radius 2 is 1.75 bits per heavy atom. The molecule has 2 aliphatic carbocycles. The number of carbonyl (C=O) groups excluding carboxylic acids is 1. The van der Waals surface area contributed by atoms with E-state index in [2.05, 4.69) is 29.6 Å². The van der Waals surface area contributed by atoms with Crippen molar-refractivity contribution < 1.29 is 9.21 Å². The van der Waals surface area contributed by atoms with E-state index in [9.17, 15) is 4.79 Å². The van der Waals surface area contributed by atoms with Gasteiger partial charge in [-0.25, -0.2) is 0 Å². The summed E-state index contributed by atoms with van der Waals surface area (Å²) < 4.78 is 5.78. The summed E-state index contributed by atoms with van der Waals surface area (Å²) >= 11 is 0. The van der Waals surface area contributed by atoms with Crippen LogP contribution in [0.5, 0.6) is 0 Å². The molecule has 3 heteroatoms. The van der Waals surface area contributed by atoms with Gasteiger partial charge in [-0.05, 0) is 55.0 Å². The van der Waals surface area contributed by atoms with Gasteiger partial charge in [0.2, 0.25) is 5.78 Å². The van der Waals surface area contributed by atoms with Gasteiger partial charge in [-0.15, -0.1) is 0 Å². The van der Waals surface area contributed by atoms with Crippen LogP contribution in [-0.2, 0) is 6.42 Å². The lowest BCUT2D eigenvalue weighted by atomic mass is 10.0. The van der Waals surface area contributed by atoms with Gasteiger partial charge >= 0.3 is 0 Å². The molecule has 0 radical (unpaired) electrons. The molecule has 0 bridgehead atoms. The van der Waals surface area contributed by atoms with Gasteiger partial charge in [-0.1, -0.05) is 54.6 Å². The van der Waals surface area contributed by atoms with Gasteiger partial charge in [0.1, 0.15) is 5.76 Å². The van der Waals surface area contributed by atoms with Crippen molar-refractivity contribution in [1.29, 1.82) is 0 Å². The molecular weight excluding hydrogens is 346 g/mol. The SMILES string of the molecule is O=C(Cc1ccc(C2CC2NCC2CC2)cc1)c1ccc(-c2ccccc2)o1. The molecule has 0 spiro atoms. The van der Waals surface area contributed by atoms with Gasteiger partial charge in [0.25, 0.3) is 0 Å². The summed E-state index contributed by atoms with van der Waals surface area (Å²) in [5.74, 6) is 2.75. The highest BCUT2D eigenvalue weighted by Crippen LogP contribution is 2.41. The molecule has 0 saturated heterocycles. The molecule has 1 heterocycles. The molecular formula is C25H25NO2. The van der Waals surface area contributed by atoms with E-state index in [1.54, 1.807) is 6.07 Å². The zero-order valence-electron chi connectivity index (χ0n) is 15.9. The quantitative estimate of drug-likeness (QED) is 0.552. The highest BCUT2D eigenvalue weighted by molar-refractivity contribution is 5.95. The van der Waals surface area contributed by atoms with E-state index in [1.807, 2.05) is 36.4 Å². The number of hydrogen-bond donors (Lipinski definition) is 1. The molecule has 0 amide bonds. The maximum Gasteiger partial charge on any atom is 0.202 e. The molecule has 5 rings (SSSR count). The van der Waals surface area contributed by atoms with Crippen LogP contribution in [-0.4, -0.2) is 18.4 Å². The van der Waals surface area contributed by atoms with Crippen molar-refractivity contribution in [1.82, 2.24) is 5.32 Å². The number of furan rings is 1. The highest BCUT2D eigenvalue weighted by Gasteiger charge is 2.38. The summed E-state index contributed by atoms with van der Waals surface area (Å²) in [7, 11) is 0. The molecule has 3 nitrogen and oxygen atoms in total. The maximum atomic E-state index is 12.6. The van der Waals surface area contributed by atoms with Crippen molar-refractivity contribution in [3.63, 3.8) is 0 Å². The highest BCUT2D eigenvalue weighted by atomic mass is 16.3. The second-order valence-electron chi connectivity index (χ2n) is 8.17. The minimum atomic E-state index is 0.0188. The molecule has 2 saturated carbocycles. The number of carbonyl (C=O) groups is 1. The number of nitrogens with one attached hydrogen (secondary N) is 1. The topological polar surface area (TPSA) is 42.2 Å². The van der Waals surface area contributed by atoms with Gasteiger partial charge in [-0.3, -0.25) is 4.79 Å². The third kappa shape index (κ3) is 3.95. The lowest BCUT2D eigenvalue weighted by Gasteiger charge is -2.05. The van der Waals surface area contributed by atoms with Crippen LogP contribution in [0.2, 0.25) is 0 Å². The summed E-state index contributed by atoms with van der Waals surface area (Å²) in [5, 5.41) is 3.68. The first kappa shape index (κ1) is 17.4. The van der Waals surface area contributed by atoms with Crippen LogP contribution in [0.3, 0.4) is 0 Å². The zero-order chi connectivity index (χ0) is 18.9. The molecule has 0 aliphatic heterocycles. The average molecular weight is 371 g/mol. The van der Waals surface area contributed by atoms with Crippen LogP contribution in [0.1, 0.15) is 46.9 Å². The summed E-state index contributed by atoms with van der Waals surface area (Å²) in [6, 6.07) is 22.7. The predicted octanol–water partition coefficient (Wildman–Crippen LogP) is 5.23. The smallest absolute Gasteiger partial charge is 0.202 e. The first-order chi connectivity index (χ1) is 13.8. The van der Waals surface area contributed by atoms with Crippen molar-refractivity contribution in [2.75, 3.05) is 6.54 Å². The number of ketones is 1. The van der Waals surface area contributed by atoms with Crippen LogP contribution < -0.4 is 5.32 Å². The van der Waals surface area contributed by atoms with E-state index in [-0.39, 0.29) is 5.78 Å². The van der Waals surface area contributed by atoms with Crippen molar-refractivity contribution in [2.45, 2.75) is 37.6 Å². The molecule has 2 aromatic carbocycles. The van der Waals surface area contributed by atoms with Crippen LogP contribution in [0.15, 0.2) is 71.1 Å². The molecule has 142 valence electrons. The Balaban J connectivity index is 1.18. The summed E-state index contributed by atoms with van der Waals surface area (Å²) in [5.41, 5.74) is 3.41. The van der Waals surface area contributed by atoms with Gasteiger partial charge in [0.05, 0.1) is 0 Å². The molecule has 1 N–H and O–H groups in total. The zero-order valence-corrected chi connectivity index (χ0v) is 15.9. The molecule has 2 aliphatic rings. The lowest BCUT2D eigenvalue weighted by Crippen LogP contribution is -2.20. The van der Waals surface area contributed by atoms with E-state index in [4.69, 9.17) is 4.42 Å². The van der Waals surface area contributed by atoms with Gasteiger partial charge in [0.15, 0.2) is 5.76 Å². The van der Waals surface area contributed by atoms with Crippen LogP contribution in [0.25, 0.3) is 11.3 Å². The maximum absolute atomic E-state index is 12.6. The van der Waals surface area contributed by atoms with Crippen LogP contribution in [0.4, 0.5) is 0 Å². The van der Waals surface area contributed by atoms with Crippen molar-refractivity contribution in [2.24, 2.45) is 5.92 Å². The van der Waals surface area contributed by atoms with Crippen molar-refractivity contribution >= 4 is 5.78 Å². The largest absolute Gasteiger partial charge is 0.453 e. The first-order valence-electron chi connectivity index (χ1n) is 10.3. The van der Waals surface area contributed by atoms with E-state index in [1.165, 1.54) is 31.4 Å². The van der Waals surface area contributed by atoms with Gasteiger partial charge in [0, 0.05) is 23.9 Å². The Kier molecular flexibility index (Phi) is 4.61. The predicted molar refractivity (Wildman–Crippen MR) is 110 cm³/mol. The van der Waals surface area contributed by atoms with Gasteiger partial charge < -0.3 is 9.73 Å². The van der Waals surface area contributed by atoms with E-state index >= 15 is 0 Å². The Bertz CT molecular complexity index is 954. The molecule has 2 atom stereocenters. The summed E-state index contributed by atoms with van der Waals surface area (Å²) in [6.45, 7) is 1.18. The summed E-state index contributed by atoms with van der Waals surface area (Å²) in [4.78, 5) is 12.6. The second kappa shape index (κ2) is 7.40. The summed E-state index contributed by atoms with van der Waals surface area (Å²) in [6.07, 6.45) is 4.40. The standard InChI is InChI=1S/C25H25NO2/c27-23(25-13-12-24(28-25)20-4-2-1-3-5-20)14-17-8-10-19(11-9-17)21-15-22(21)26-16-18-6-7-18/h1-5,8-13,18,21-22,26H,6-7,14-16H2. The number of hydrogen-bond acceptors (Lipinski definition) is 3. The van der Waals surface area contributed by atoms with Crippen molar-refractivity contribution in [3.8, 4) is 11.3 Å². The minimum absolute atomic E-state index is 0.0188. The van der Waals surface area contributed by atoms with E-state index in [0.717, 1.165) is 22.8 Å². The minimum Gasteiger partial charge on any atom is -0.453 e. The Labute approximate surface area is 165 Å². The third-order valence-corrected chi connectivity index (χ3v) is 5.87. The second-order valence-corrected chi connectivity index (χ2v) is 8.17. The third-order valence-electron chi connectivity index (χ3n) is 5.87. The normalized spacial score (nSPS) is 20.9. The molecule has 2 fully saturated rings. The molecule has 2 unspecified atom stereocenters. The molecule has 3 aromatic rings. The fourth-order valence-corrected chi connectivity index (χ4v) is 3.83. The van der Waals surface area contributed by atoms with Crippen molar-refractivity contribution in [3.05, 3.63) is 83.6 Å². The average Bonchev–Trinajstić information content (AvgIpc) is 3.65. The van der Waals surface area contributed by atoms with Crippen LogP contribution in [0, 0.1) is 5.92 Å². The first-order valence-corrected chi connectivity index (χ1v) is 10.3. The number of benzene rings is 2. The van der Waals surface area contributed by atoms with Gasteiger partial charge in [-0.2, -0.15) is 0 Å². The monoisotopic (exact) mass is 371 g/mol. The molecule has 1 aromatic heterocycles. The fourth-order valence-electron chi connectivity index (χ4n) is 3.83. The van der Waals surface area contributed by atoms with E-state index in [0.29, 0.717) is 24.1 Å². The Morgan fingerprint density at radius 1 is 0.964 bits per heavy atom. The number of rotatable bonds is 8. The molecule has 28 heavy (non-hydrogen) atoms. The lowest BCUT2D eigenvalue weighted by molar-refractivity contribution is 0.0967. The Morgan fingerprint density at radius 3 is 2.50 bits per heavy atom. The fraction of sp³-hybridized carbons (Fsp3) is 0.320. The van der Waals surface area contributed by atoms with Crippen LogP contribution >= 0.6 is 0 Å².